The van der Waals surface area contributed by atoms with Gasteiger partial charge in [-0.2, -0.15) is 0 Å². The third kappa shape index (κ3) is 8.14. The molecular formula is C42H44ClN7O5S. The van der Waals surface area contributed by atoms with E-state index in [0.29, 0.717) is 40.2 Å². The number of aryl methyl sites for hydroxylation is 1. The topological polar surface area (TPSA) is 148 Å². The highest BCUT2D eigenvalue weighted by molar-refractivity contribution is 7.90. The van der Waals surface area contributed by atoms with Crippen molar-refractivity contribution in [3.63, 3.8) is 0 Å². The monoisotopic (exact) mass is 793 g/mol. The molecule has 1 fully saturated rings. The van der Waals surface area contributed by atoms with Crippen LogP contribution in [0.5, 0.6) is 0 Å². The van der Waals surface area contributed by atoms with Crippen LogP contribution in [-0.4, -0.2) is 66.1 Å². The maximum Gasteiger partial charge on any atom is 0.407 e. The number of piperidine rings is 1. The zero-order valence-corrected chi connectivity index (χ0v) is 33.5. The highest BCUT2D eigenvalue weighted by atomic mass is 35.5. The van der Waals surface area contributed by atoms with Gasteiger partial charge in [0.15, 0.2) is 5.65 Å². The number of nitrogens with zero attached hydrogens (tertiary/aromatic N) is 4. The van der Waals surface area contributed by atoms with Crippen molar-refractivity contribution in [3.8, 4) is 11.1 Å². The Morgan fingerprint density at radius 2 is 1.77 bits per heavy atom. The van der Waals surface area contributed by atoms with Crippen LogP contribution in [0.2, 0.25) is 5.02 Å². The second-order valence-corrected chi connectivity index (χ2v) is 17.2. The average Bonchev–Trinajstić information content (AvgIpc) is 3.56. The van der Waals surface area contributed by atoms with Crippen molar-refractivity contribution in [2.45, 2.75) is 63.6 Å². The summed E-state index contributed by atoms with van der Waals surface area (Å²) in [7, 11) is -2.55. The van der Waals surface area contributed by atoms with Crippen molar-refractivity contribution in [2.75, 3.05) is 30.4 Å². The second-order valence-electron chi connectivity index (χ2n) is 15.0. The molecule has 3 aromatic carbocycles. The summed E-state index contributed by atoms with van der Waals surface area (Å²) in [5.41, 5.74) is 5.42. The van der Waals surface area contributed by atoms with Crippen molar-refractivity contribution < 1.29 is 22.7 Å². The van der Waals surface area contributed by atoms with Crippen molar-refractivity contribution in [2.24, 2.45) is 0 Å². The molecule has 14 heteroatoms. The molecule has 0 unspecified atom stereocenters. The molecule has 7 rings (SSSR count). The SMILES string of the molecule is CNC(=O)c1cnc2c(c1)c(-c1ccc3ncc(NCc4cccc(Cl)c4)c(N4CCC[C@H](NC(=O)OC(C)(C)C)C4)c3c1)cn2S(=O)(=O)c1ccc(C)cc1. The number of hydrogen-bond acceptors (Lipinski definition) is 9. The minimum absolute atomic E-state index is 0.115. The molecule has 2 amide bonds. The molecule has 1 aliphatic rings. The van der Waals surface area contributed by atoms with E-state index >= 15 is 0 Å². The van der Waals surface area contributed by atoms with Gasteiger partial charge in [0.1, 0.15) is 5.60 Å². The number of amides is 2. The maximum absolute atomic E-state index is 14.2. The first-order chi connectivity index (χ1) is 26.7. The molecule has 290 valence electrons. The van der Waals surface area contributed by atoms with E-state index in [1.165, 1.54) is 17.2 Å². The minimum atomic E-state index is -4.08. The lowest BCUT2D eigenvalue weighted by atomic mass is 9.99. The number of halogens is 1. The van der Waals surface area contributed by atoms with Gasteiger partial charge in [0.05, 0.1) is 33.5 Å². The summed E-state index contributed by atoms with van der Waals surface area (Å²) in [5, 5.41) is 11.2. The van der Waals surface area contributed by atoms with Crippen molar-refractivity contribution >= 4 is 66.9 Å². The number of nitrogens with one attached hydrogen (secondary N) is 3. The van der Waals surface area contributed by atoms with E-state index in [0.717, 1.165) is 52.8 Å². The third-order valence-corrected chi connectivity index (χ3v) is 11.6. The molecule has 6 aromatic rings. The minimum Gasteiger partial charge on any atom is -0.444 e. The number of hydrogen-bond donors (Lipinski definition) is 3. The summed E-state index contributed by atoms with van der Waals surface area (Å²) in [4.78, 5) is 37.4. The molecule has 0 spiro atoms. The van der Waals surface area contributed by atoms with E-state index in [2.05, 4.69) is 25.8 Å². The van der Waals surface area contributed by atoms with Gasteiger partial charge >= 0.3 is 6.09 Å². The highest BCUT2D eigenvalue weighted by Gasteiger charge is 2.28. The Bertz CT molecular complexity index is 2570. The lowest BCUT2D eigenvalue weighted by Gasteiger charge is -2.36. The van der Waals surface area contributed by atoms with Gasteiger partial charge in [-0.15, -0.1) is 0 Å². The fourth-order valence-electron chi connectivity index (χ4n) is 7.02. The van der Waals surface area contributed by atoms with Crippen LogP contribution in [0, 0.1) is 6.92 Å². The van der Waals surface area contributed by atoms with Crippen LogP contribution in [0.4, 0.5) is 16.2 Å². The van der Waals surface area contributed by atoms with Crippen LogP contribution in [0.15, 0.2) is 96.3 Å². The molecule has 0 radical (unpaired) electrons. The number of benzene rings is 3. The van der Waals surface area contributed by atoms with E-state index < -0.39 is 21.7 Å². The molecule has 0 bridgehead atoms. The summed E-state index contributed by atoms with van der Waals surface area (Å²) in [5.74, 6) is -0.348. The van der Waals surface area contributed by atoms with Crippen molar-refractivity contribution in [1.82, 2.24) is 24.6 Å². The molecule has 0 aliphatic carbocycles. The predicted octanol–water partition coefficient (Wildman–Crippen LogP) is 7.92. The Balaban J connectivity index is 1.37. The van der Waals surface area contributed by atoms with Gasteiger partial charge in [0, 0.05) is 66.5 Å². The van der Waals surface area contributed by atoms with Crippen molar-refractivity contribution in [3.05, 3.63) is 113 Å². The van der Waals surface area contributed by atoms with Crippen LogP contribution >= 0.6 is 11.6 Å². The third-order valence-electron chi connectivity index (χ3n) is 9.66. The lowest BCUT2D eigenvalue weighted by Crippen LogP contribution is -2.49. The van der Waals surface area contributed by atoms with Crippen LogP contribution < -0.4 is 20.9 Å². The van der Waals surface area contributed by atoms with E-state index in [-0.39, 0.29) is 22.5 Å². The molecule has 4 heterocycles. The second kappa shape index (κ2) is 15.5. The molecule has 1 atom stereocenters. The number of aromatic nitrogens is 3. The number of carbonyl (C=O) groups is 2. The largest absolute Gasteiger partial charge is 0.444 e. The van der Waals surface area contributed by atoms with E-state index in [4.69, 9.17) is 21.3 Å². The summed E-state index contributed by atoms with van der Waals surface area (Å²) in [6.07, 6.45) is 5.89. The smallest absolute Gasteiger partial charge is 0.407 e. The fraction of sp³-hybridized carbons (Fsp3) is 0.286. The van der Waals surface area contributed by atoms with Crippen molar-refractivity contribution in [1.29, 1.82) is 0 Å². The molecule has 1 aliphatic heterocycles. The molecule has 3 N–H and O–H groups in total. The Morgan fingerprint density at radius 3 is 2.50 bits per heavy atom. The van der Waals surface area contributed by atoms with E-state index in [1.54, 1.807) is 36.5 Å². The first-order valence-corrected chi connectivity index (χ1v) is 20.2. The van der Waals surface area contributed by atoms with Crippen LogP contribution in [0.25, 0.3) is 33.1 Å². The Labute approximate surface area is 331 Å². The predicted molar refractivity (Wildman–Crippen MR) is 221 cm³/mol. The Kier molecular flexibility index (Phi) is 10.7. The summed E-state index contributed by atoms with van der Waals surface area (Å²) >= 11 is 6.32. The zero-order chi connectivity index (χ0) is 39.8. The number of rotatable bonds is 9. The highest BCUT2D eigenvalue weighted by Crippen LogP contribution is 2.40. The summed E-state index contributed by atoms with van der Waals surface area (Å²) in [6, 6.07) is 21.6. The van der Waals surface area contributed by atoms with E-state index in [9.17, 15) is 18.0 Å². The standard InChI is InChI=1S/C42H44ClN7O5S/c1-26-11-14-32(15-12-26)56(53,54)50-25-35(33-20-29(40(51)44-5)22-47-39(33)50)28-13-16-36-34(19-28)38(37(23-46-36)45-21-27-8-6-9-30(43)18-27)49-17-7-10-31(24-49)48-41(52)55-42(2,3)4/h6,8-9,11-16,18-20,22-23,25,31,45H,7,10,17,21,24H2,1-5H3,(H,44,51)(H,48,52)/t31-/m0/s1. The van der Waals surface area contributed by atoms with Gasteiger partial charge in [-0.25, -0.2) is 22.2 Å². The molecule has 0 saturated carbocycles. The number of carbonyl (C=O) groups excluding carboxylic acids is 2. The molecule has 3 aromatic heterocycles. The van der Waals surface area contributed by atoms with Crippen LogP contribution in [0.3, 0.4) is 0 Å². The number of alkyl carbamates (subject to hydrolysis) is 1. The number of pyridine rings is 2. The Morgan fingerprint density at radius 1 is 0.982 bits per heavy atom. The van der Waals surface area contributed by atoms with Gasteiger partial charge in [-0.1, -0.05) is 47.5 Å². The molecular weight excluding hydrogens is 750 g/mol. The number of anilines is 2. The van der Waals surface area contributed by atoms with Gasteiger partial charge in [-0.3, -0.25) is 9.78 Å². The fourth-order valence-corrected chi connectivity index (χ4v) is 8.55. The molecule has 12 nitrogen and oxygen atoms in total. The van der Waals surface area contributed by atoms with E-state index in [1.807, 2.05) is 76.4 Å². The quantitative estimate of drug-likeness (QED) is 0.133. The van der Waals surface area contributed by atoms with Gasteiger partial charge in [-0.05, 0) is 94.1 Å². The summed E-state index contributed by atoms with van der Waals surface area (Å²) in [6.45, 7) is 9.11. The molecule has 1 saturated heterocycles. The van der Waals surface area contributed by atoms with Crippen LogP contribution in [-0.2, 0) is 21.3 Å². The first-order valence-electron chi connectivity index (χ1n) is 18.4. The maximum atomic E-state index is 14.2. The van der Waals surface area contributed by atoms with Gasteiger partial charge in [0.25, 0.3) is 15.9 Å². The summed E-state index contributed by atoms with van der Waals surface area (Å²) < 4.78 is 35.1. The molecule has 56 heavy (non-hydrogen) atoms. The normalized spacial score (nSPS) is 14.8. The first kappa shape index (κ1) is 38.6. The van der Waals surface area contributed by atoms with Gasteiger partial charge in [0.2, 0.25) is 0 Å². The Hall–Kier alpha value is -5.66. The average molecular weight is 794 g/mol. The lowest BCUT2D eigenvalue weighted by molar-refractivity contribution is 0.0499. The van der Waals surface area contributed by atoms with Crippen LogP contribution in [0.1, 0.15) is 55.1 Å². The van der Waals surface area contributed by atoms with Gasteiger partial charge < -0.3 is 25.6 Å². The zero-order valence-electron chi connectivity index (χ0n) is 31.9. The number of ether oxygens (including phenoxy) is 1. The number of fused-ring (bicyclic) bond motifs is 2.